The van der Waals surface area contributed by atoms with Gasteiger partial charge in [0.1, 0.15) is 24.3 Å². The van der Waals surface area contributed by atoms with Crippen molar-refractivity contribution in [3.63, 3.8) is 0 Å². The minimum Gasteiger partial charge on any atom is -0.490 e. The molecular weight excluding hydrogens is 465 g/mol. The molecule has 3 aliphatic rings. The standard InChI is InChI=1S/C27H30FN3O5/c1-31-22-9-8-20(13-25(32)29-14-16-3-2-4-18(28)11-16)36-24(22)15-35-23-10-7-19(12-21(23)27(31)34)30-26(33)17-5-6-17/h2-4,7,10-12,17,20,22,24H,5-6,8-9,13-15H2,1H3,(H,29,32)(H,30,33)/t20-,22-,24-/m1/s1. The number of amides is 3. The highest BCUT2D eigenvalue weighted by molar-refractivity contribution is 6.00. The van der Waals surface area contributed by atoms with Gasteiger partial charge in [-0.15, -0.1) is 0 Å². The number of nitrogens with zero attached hydrogens (tertiary/aromatic N) is 1. The number of rotatable bonds is 6. The molecule has 1 saturated heterocycles. The Morgan fingerprint density at radius 1 is 1.11 bits per heavy atom. The number of nitrogens with one attached hydrogen (secondary N) is 2. The Labute approximate surface area is 209 Å². The zero-order valence-corrected chi connectivity index (χ0v) is 20.2. The Bertz CT molecular complexity index is 1170. The van der Waals surface area contributed by atoms with E-state index < -0.39 is 0 Å². The van der Waals surface area contributed by atoms with Gasteiger partial charge in [-0.05, 0) is 61.6 Å². The van der Waals surface area contributed by atoms with Gasteiger partial charge in [0.25, 0.3) is 5.91 Å². The van der Waals surface area contributed by atoms with E-state index in [0.29, 0.717) is 35.4 Å². The topological polar surface area (TPSA) is 97.0 Å². The van der Waals surface area contributed by atoms with Crippen LogP contribution in [0.1, 0.15) is 48.0 Å². The number of anilines is 1. The second-order valence-corrected chi connectivity index (χ2v) is 9.75. The highest BCUT2D eigenvalue weighted by atomic mass is 19.1. The van der Waals surface area contributed by atoms with Crippen molar-refractivity contribution in [1.82, 2.24) is 10.2 Å². The summed E-state index contributed by atoms with van der Waals surface area (Å²) >= 11 is 0. The number of ether oxygens (including phenoxy) is 2. The summed E-state index contributed by atoms with van der Waals surface area (Å²) < 4.78 is 25.5. The van der Waals surface area contributed by atoms with Crippen molar-refractivity contribution < 1.29 is 28.2 Å². The fourth-order valence-corrected chi connectivity index (χ4v) is 4.82. The average molecular weight is 496 g/mol. The Morgan fingerprint density at radius 2 is 1.94 bits per heavy atom. The third-order valence-electron chi connectivity index (χ3n) is 7.02. The molecule has 36 heavy (non-hydrogen) atoms. The van der Waals surface area contributed by atoms with Crippen LogP contribution in [0, 0.1) is 11.7 Å². The van der Waals surface area contributed by atoms with Gasteiger partial charge in [-0.25, -0.2) is 4.39 Å². The molecule has 2 fully saturated rings. The first kappa shape index (κ1) is 24.2. The zero-order chi connectivity index (χ0) is 25.2. The molecule has 3 atom stereocenters. The van der Waals surface area contributed by atoms with Gasteiger partial charge in [-0.3, -0.25) is 14.4 Å². The SMILES string of the molecule is CN1C(=O)c2cc(NC(=O)C3CC3)ccc2OC[C@H]2O[C@@H](CC(=O)NCc3cccc(F)c3)CC[C@H]21. The fraction of sp³-hybridized carbons (Fsp3) is 0.444. The normalized spacial score (nSPS) is 23.4. The van der Waals surface area contributed by atoms with Crippen molar-refractivity contribution in [2.24, 2.45) is 5.92 Å². The van der Waals surface area contributed by atoms with Crippen LogP contribution in [0.2, 0.25) is 0 Å². The minimum absolute atomic E-state index is 0.0192. The molecule has 8 nitrogen and oxygen atoms in total. The van der Waals surface area contributed by atoms with E-state index in [4.69, 9.17) is 9.47 Å². The van der Waals surface area contributed by atoms with E-state index in [9.17, 15) is 18.8 Å². The first-order chi connectivity index (χ1) is 17.4. The number of benzene rings is 2. The lowest BCUT2D eigenvalue weighted by Gasteiger charge is -2.42. The van der Waals surface area contributed by atoms with E-state index >= 15 is 0 Å². The Balaban J connectivity index is 1.20. The second kappa shape index (κ2) is 10.3. The molecule has 2 aliphatic heterocycles. The van der Waals surface area contributed by atoms with Gasteiger partial charge < -0.3 is 25.0 Å². The van der Waals surface area contributed by atoms with Crippen LogP contribution < -0.4 is 15.4 Å². The van der Waals surface area contributed by atoms with Crippen LogP contribution in [0.15, 0.2) is 42.5 Å². The van der Waals surface area contributed by atoms with Crippen LogP contribution in [0.25, 0.3) is 0 Å². The summed E-state index contributed by atoms with van der Waals surface area (Å²) in [6.07, 6.45) is 2.60. The van der Waals surface area contributed by atoms with Crippen LogP contribution in [0.3, 0.4) is 0 Å². The molecule has 0 spiro atoms. The quantitative estimate of drug-likeness (QED) is 0.641. The number of likely N-dealkylation sites (N-methyl/N-ethyl adjacent to an activating group) is 1. The van der Waals surface area contributed by atoms with Crippen molar-refractivity contribution >= 4 is 23.4 Å². The van der Waals surface area contributed by atoms with Crippen molar-refractivity contribution in [1.29, 1.82) is 0 Å². The predicted octanol–water partition coefficient (Wildman–Crippen LogP) is 3.26. The highest BCUT2D eigenvalue weighted by Crippen LogP contribution is 2.34. The number of hydrogen-bond donors (Lipinski definition) is 2. The first-order valence-electron chi connectivity index (χ1n) is 12.4. The second-order valence-electron chi connectivity index (χ2n) is 9.75. The van der Waals surface area contributed by atoms with Gasteiger partial charge in [0.05, 0.1) is 24.1 Å². The number of halogens is 1. The molecule has 1 aliphatic carbocycles. The molecule has 2 aromatic rings. The Hall–Kier alpha value is -3.46. The average Bonchev–Trinajstić information content (AvgIpc) is 3.71. The fourth-order valence-electron chi connectivity index (χ4n) is 4.82. The van der Waals surface area contributed by atoms with E-state index in [1.165, 1.54) is 12.1 Å². The third kappa shape index (κ3) is 5.51. The molecule has 2 N–H and O–H groups in total. The lowest BCUT2D eigenvalue weighted by molar-refractivity contribution is -0.134. The summed E-state index contributed by atoms with van der Waals surface area (Å²) in [6, 6.07) is 11.0. The third-order valence-corrected chi connectivity index (χ3v) is 7.02. The van der Waals surface area contributed by atoms with Crippen LogP contribution in [-0.4, -0.2) is 54.5 Å². The number of carbonyl (C=O) groups excluding carboxylic acids is 3. The van der Waals surface area contributed by atoms with E-state index in [2.05, 4.69) is 10.6 Å². The zero-order valence-electron chi connectivity index (χ0n) is 20.2. The van der Waals surface area contributed by atoms with Crippen molar-refractivity contribution in [2.75, 3.05) is 19.0 Å². The van der Waals surface area contributed by atoms with E-state index in [-0.39, 0.29) is 67.3 Å². The van der Waals surface area contributed by atoms with Gasteiger partial charge in [0.15, 0.2) is 0 Å². The van der Waals surface area contributed by atoms with Gasteiger partial charge in [-0.2, -0.15) is 0 Å². The monoisotopic (exact) mass is 495 g/mol. The molecule has 190 valence electrons. The highest BCUT2D eigenvalue weighted by Gasteiger charge is 2.39. The smallest absolute Gasteiger partial charge is 0.257 e. The van der Waals surface area contributed by atoms with Gasteiger partial charge in [0.2, 0.25) is 11.8 Å². The van der Waals surface area contributed by atoms with E-state index in [1.807, 2.05) is 0 Å². The van der Waals surface area contributed by atoms with Gasteiger partial charge in [-0.1, -0.05) is 12.1 Å². The summed E-state index contributed by atoms with van der Waals surface area (Å²) in [7, 11) is 1.75. The molecule has 2 aromatic carbocycles. The molecular formula is C27H30FN3O5. The minimum atomic E-state index is -0.379. The van der Waals surface area contributed by atoms with Crippen LogP contribution in [-0.2, 0) is 20.9 Å². The summed E-state index contributed by atoms with van der Waals surface area (Å²) in [5, 5.41) is 5.70. The maximum absolute atomic E-state index is 13.3. The van der Waals surface area contributed by atoms with Gasteiger partial charge >= 0.3 is 0 Å². The van der Waals surface area contributed by atoms with Crippen molar-refractivity contribution in [2.45, 2.75) is 56.9 Å². The lowest BCUT2D eigenvalue weighted by atomic mass is 9.94. The number of carbonyl (C=O) groups is 3. The predicted molar refractivity (Wildman–Crippen MR) is 130 cm³/mol. The maximum Gasteiger partial charge on any atom is 0.257 e. The summed E-state index contributed by atoms with van der Waals surface area (Å²) in [6.45, 7) is 0.486. The van der Waals surface area contributed by atoms with E-state index in [0.717, 1.165) is 12.8 Å². The van der Waals surface area contributed by atoms with Crippen molar-refractivity contribution in [3.8, 4) is 5.75 Å². The van der Waals surface area contributed by atoms with Crippen LogP contribution in [0.4, 0.5) is 10.1 Å². The Kier molecular flexibility index (Phi) is 6.91. The lowest BCUT2D eigenvalue weighted by Crippen LogP contribution is -2.53. The number of hydrogen-bond acceptors (Lipinski definition) is 5. The molecule has 0 radical (unpaired) electrons. The molecule has 2 heterocycles. The van der Waals surface area contributed by atoms with Crippen LogP contribution >= 0.6 is 0 Å². The Morgan fingerprint density at radius 3 is 2.72 bits per heavy atom. The maximum atomic E-state index is 13.3. The van der Waals surface area contributed by atoms with Gasteiger partial charge in [0, 0.05) is 25.2 Å². The van der Waals surface area contributed by atoms with E-state index in [1.54, 1.807) is 42.3 Å². The molecule has 3 amide bonds. The first-order valence-corrected chi connectivity index (χ1v) is 12.4. The summed E-state index contributed by atoms with van der Waals surface area (Å²) in [5.74, 6) is -0.227. The summed E-state index contributed by atoms with van der Waals surface area (Å²) in [5.41, 5.74) is 1.68. The largest absolute Gasteiger partial charge is 0.490 e. The summed E-state index contributed by atoms with van der Waals surface area (Å²) in [4.78, 5) is 39.6. The van der Waals surface area contributed by atoms with Crippen molar-refractivity contribution in [3.05, 3.63) is 59.4 Å². The number of fused-ring (bicyclic) bond motifs is 2. The molecule has 9 heteroatoms. The molecule has 0 unspecified atom stereocenters. The molecule has 0 aromatic heterocycles. The molecule has 1 saturated carbocycles. The molecule has 0 bridgehead atoms. The van der Waals surface area contributed by atoms with Crippen LogP contribution in [0.5, 0.6) is 5.75 Å². The molecule has 5 rings (SSSR count).